The fraction of sp³-hybridized carbons (Fsp3) is 0.469. The maximum absolute atomic E-state index is 14.2. The van der Waals surface area contributed by atoms with Crippen LogP contribution >= 0.6 is 0 Å². The first-order valence-electron chi connectivity index (χ1n) is 14.3. The van der Waals surface area contributed by atoms with Gasteiger partial charge in [0.1, 0.15) is 18.1 Å². The number of benzene rings is 2. The molecule has 2 N–H and O–H groups in total. The first-order valence-corrected chi connectivity index (χ1v) is 15.7. The molecule has 1 amide bonds. The first-order chi connectivity index (χ1) is 20.1. The number of morpholine rings is 1. The Morgan fingerprint density at radius 3 is 2.26 bits per heavy atom. The Morgan fingerprint density at radius 1 is 1.02 bits per heavy atom. The average Bonchev–Trinajstić information content (AvgIpc) is 3.00. The standard InChI is InChI=1S/C32H44N2O7S/c1-25(2)6-5-7-26(3)16-17-32(31(35)33-36,42(37,38)30-14-12-28(39-4)13-15-30)24-27-8-10-29(11-9-27)41-23-20-34-18-21-40-22-19-34/h6,8-16,36H,5,7,17-24H2,1-4H3,(H,33,35). The van der Waals surface area contributed by atoms with E-state index in [2.05, 4.69) is 11.0 Å². The lowest BCUT2D eigenvalue weighted by molar-refractivity contribution is -0.131. The third-order valence-corrected chi connectivity index (χ3v) is 9.88. The van der Waals surface area contributed by atoms with E-state index in [1.54, 1.807) is 35.8 Å². The molecule has 1 fully saturated rings. The molecule has 10 heteroatoms. The molecular formula is C32H44N2O7S. The highest BCUT2D eigenvalue weighted by molar-refractivity contribution is 7.93. The summed E-state index contributed by atoms with van der Waals surface area (Å²) in [4.78, 5) is 15.7. The van der Waals surface area contributed by atoms with Crippen molar-refractivity contribution in [1.82, 2.24) is 10.4 Å². The van der Waals surface area contributed by atoms with E-state index in [9.17, 15) is 18.4 Å². The molecule has 0 bridgehead atoms. The van der Waals surface area contributed by atoms with Crippen LogP contribution < -0.4 is 15.0 Å². The van der Waals surface area contributed by atoms with Crippen molar-refractivity contribution in [2.24, 2.45) is 0 Å². The number of ether oxygens (including phenoxy) is 3. The predicted molar refractivity (Wildman–Crippen MR) is 163 cm³/mol. The topological polar surface area (TPSA) is 114 Å². The van der Waals surface area contributed by atoms with Crippen LogP contribution in [0.5, 0.6) is 11.5 Å². The molecule has 2 aromatic rings. The van der Waals surface area contributed by atoms with E-state index in [0.717, 1.165) is 51.3 Å². The molecule has 0 saturated carbocycles. The molecule has 1 aliphatic rings. The lowest BCUT2D eigenvalue weighted by Gasteiger charge is -2.31. The number of hydroxylamine groups is 1. The Balaban J connectivity index is 1.90. The maximum Gasteiger partial charge on any atom is 0.265 e. The Labute approximate surface area is 250 Å². The van der Waals surface area contributed by atoms with Gasteiger partial charge in [-0.15, -0.1) is 0 Å². The predicted octanol–water partition coefficient (Wildman–Crippen LogP) is 4.75. The molecule has 1 saturated heterocycles. The van der Waals surface area contributed by atoms with Gasteiger partial charge in [-0.2, -0.15) is 0 Å². The summed E-state index contributed by atoms with van der Waals surface area (Å²) in [6, 6.07) is 13.0. The SMILES string of the molecule is COc1ccc(S(=O)(=O)C(CC=C(C)CCC=C(C)C)(Cc2ccc(OCCN3CCOCC3)cc2)C(=O)NO)cc1. The summed E-state index contributed by atoms with van der Waals surface area (Å²) in [5.74, 6) is 0.153. The minimum absolute atomic E-state index is 0.0365. The van der Waals surface area contributed by atoms with Gasteiger partial charge in [0.15, 0.2) is 14.6 Å². The highest BCUT2D eigenvalue weighted by Gasteiger charge is 2.50. The van der Waals surface area contributed by atoms with Gasteiger partial charge in [-0.1, -0.05) is 35.4 Å². The molecule has 2 aromatic carbocycles. The Morgan fingerprint density at radius 2 is 1.67 bits per heavy atom. The molecule has 0 radical (unpaired) electrons. The molecule has 42 heavy (non-hydrogen) atoms. The fourth-order valence-electron chi connectivity index (χ4n) is 4.83. The number of carbonyl (C=O) groups is 1. The van der Waals surface area contributed by atoms with E-state index < -0.39 is 20.5 Å². The van der Waals surface area contributed by atoms with Crippen molar-refractivity contribution in [2.75, 3.05) is 46.6 Å². The summed E-state index contributed by atoms with van der Waals surface area (Å²) in [7, 11) is -2.80. The highest BCUT2D eigenvalue weighted by Crippen LogP contribution is 2.35. The molecule has 230 valence electrons. The number of sulfone groups is 1. The lowest BCUT2D eigenvalue weighted by Crippen LogP contribution is -2.53. The molecule has 3 rings (SSSR count). The second-order valence-corrected chi connectivity index (χ2v) is 13.1. The number of carbonyl (C=O) groups excluding carboxylic acids is 1. The zero-order valence-corrected chi connectivity index (χ0v) is 25.9. The van der Waals surface area contributed by atoms with Crippen molar-refractivity contribution < 1.29 is 32.6 Å². The number of allylic oxidation sites excluding steroid dienone is 4. The normalized spacial score (nSPS) is 15.9. The molecule has 9 nitrogen and oxygen atoms in total. The second-order valence-electron chi connectivity index (χ2n) is 10.8. The van der Waals surface area contributed by atoms with Gasteiger partial charge in [0.25, 0.3) is 5.91 Å². The quantitative estimate of drug-likeness (QED) is 0.171. The molecular weight excluding hydrogens is 556 g/mol. The average molecular weight is 601 g/mol. The van der Waals surface area contributed by atoms with Gasteiger partial charge in [-0.25, -0.2) is 13.9 Å². The van der Waals surface area contributed by atoms with Gasteiger partial charge in [0, 0.05) is 26.1 Å². The highest BCUT2D eigenvalue weighted by atomic mass is 32.2. The first kappa shape index (κ1) is 33.3. The van der Waals surface area contributed by atoms with Crippen molar-refractivity contribution in [3.63, 3.8) is 0 Å². The van der Waals surface area contributed by atoms with Crippen LogP contribution in [0.4, 0.5) is 0 Å². The number of nitrogens with one attached hydrogen (secondary N) is 1. The monoisotopic (exact) mass is 600 g/mol. The molecule has 1 unspecified atom stereocenters. The van der Waals surface area contributed by atoms with Gasteiger partial charge in [0.2, 0.25) is 0 Å². The Hall–Kier alpha value is -3.18. The van der Waals surface area contributed by atoms with Crippen LogP contribution in [0.25, 0.3) is 0 Å². The number of nitrogens with zero attached hydrogens (tertiary/aromatic N) is 1. The summed E-state index contributed by atoms with van der Waals surface area (Å²) < 4.78 is 43.0. The molecule has 0 aromatic heterocycles. The summed E-state index contributed by atoms with van der Waals surface area (Å²) >= 11 is 0. The molecule has 1 aliphatic heterocycles. The van der Waals surface area contributed by atoms with E-state index in [1.807, 2.05) is 20.8 Å². The van der Waals surface area contributed by atoms with Gasteiger partial charge in [-0.3, -0.25) is 14.9 Å². The zero-order chi connectivity index (χ0) is 30.6. The van der Waals surface area contributed by atoms with Gasteiger partial charge in [0.05, 0.1) is 25.2 Å². The molecule has 0 aliphatic carbocycles. The van der Waals surface area contributed by atoms with Crippen LogP contribution in [0.3, 0.4) is 0 Å². The van der Waals surface area contributed by atoms with Crippen molar-refractivity contribution in [2.45, 2.75) is 56.1 Å². The minimum Gasteiger partial charge on any atom is -0.497 e. The van der Waals surface area contributed by atoms with Crippen LogP contribution in [0, 0.1) is 0 Å². The summed E-state index contributed by atoms with van der Waals surface area (Å²) in [6.45, 7) is 10.5. The third kappa shape index (κ3) is 8.91. The van der Waals surface area contributed by atoms with Crippen LogP contribution in [-0.2, 0) is 25.8 Å². The van der Waals surface area contributed by atoms with E-state index in [4.69, 9.17) is 14.2 Å². The van der Waals surface area contributed by atoms with Crippen LogP contribution in [0.15, 0.2) is 76.7 Å². The van der Waals surface area contributed by atoms with Crippen LogP contribution in [0.2, 0.25) is 0 Å². The van der Waals surface area contributed by atoms with E-state index in [1.165, 1.54) is 36.9 Å². The van der Waals surface area contributed by atoms with Crippen molar-refractivity contribution in [3.05, 3.63) is 77.4 Å². The second kappa shape index (κ2) is 15.9. The number of amides is 1. The minimum atomic E-state index is -4.29. The Kier molecular flexibility index (Phi) is 12.6. The van der Waals surface area contributed by atoms with Gasteiger partial charge < -0.3 is 14.2 Å². The summed E-state index contributed by atoms with van der Waals surface area (Å²) in [5.41, 5.74) is 4.43. The zero-order valence-electron chi connectivity index (χ0n) is 25.1. The van der Waals surface area contributed by atoms with E-state index >= 15 is 0 Å². The fourth-order valence-corrected chi connectivity index (χ4v) is 6.73. The third-order valence-electron chi connectivity index (χ3n) is 7.46. The molecule has 1 atom stereocenters. The van der Waals surface area contributed by atoms with Crippen molar-refractivity contribution >= 4 is 15.7 Å². The van der Waals surface area contributed by atoms with Crippen LogP contribution in [-0.4, -0.2) is 75.7 Å². The maximum atomic E-state index is 14.2. The number of rotatable bonds is 15. The lowest BCUT2D eigenvalue weighted by atomic mass is 9.92. The number of hydrogen-bond donors (Lipinski definition) is 2. The number of hydrogen-bond acceptors (Lipinski definition) is 8. The summed E-state index contributed by atoms with van der Waals surface area (Å²) in [5, 5.41) is 9.81. The molecule has 0 spiro atoms. The van der Waals surface area contributed by atoms with Gasteiger partial charge >= 0.3 is 0 Å². The van der Waals surface area contributed by atoms with Crippen molar-refractivity contribution in [3.8, 4) is 11.5 Å². The number of methoxy groups -OCH3 is 1. The smallest absolute Gasteiger partial charge is 0.265 e. The van der Waals surface area contributed by atoms with Crippen molar-refractivity contribution in [1.29, 1.82) is 0 Å². The largest absolute Gasteiger partial charge is 0.497 e. The summed E-state index contributed by atoms with van der Waals surface area (Å²) in [6.07, 6.45) is 5.16. The van der Waals surface area contributed by atoms with Crippen LogP contribution in [0.1, 0.15) is 45.6 Å². The van der Waals surface area contributed by atoms with E-state index in [-0.39, 0.29) is 17.7 Å². The molecule has 1 heterocycles. The van der Waals surface area contributed by atoms with E-state index in [0.29, 0.717) is 23.7 Å². The Bertz CT molecular complexity index is 1310. The van der Waals surface area contributed by atoms with Gasteiger partial charge in [-0.05, 0) is 82.0 Å².